The van der Waals surface area contributed by atoms with Gasteiger partial charge in [-0.25, -0.2) is 0 Å². The number of carbonyl (C=O) groups is 1. The lowest BCUT2D eigenvalue weighted by Crippen LogP contribution is -1.80. The van der Waals surface area contributed by atoms with Gasteiger partial charge in [0.25, 0.3) is 0 Å². The van der Waals surface area contributed by atoms with Gasteiger partial charge in [0, 0.05) is 5.39 Å². The van der Waals surface area contributed by atoms with Crippen LogP contribution >= 0.6 is 11.6 Å². The molecule has 2 aromatic rings. The van der Waals surface area contributed by atoms with E-state index in [1.165, 1.54) is 6.26 Å². The van der Waals surface area contributed by atoms with Crippen molar-refractivity contribution in [3.8, 4) is 0 Å². The molecule has 0 saturated heterocycles. The van der Waals surface area contributed by atoms with Gasteiger partial charge in [-0.2, -0.15) is 0 Å². The molecule has 0 aliphatic carbocycles. The van der Waals surface area contributed by atoms with Crippen LogP contribution in [0.3, 0.4) is 0 Å². The fraction of sp³-hybridized carbons (Fsp3) is 0.100. The molecule has 3 heteroatoms. The van der Waals surface area contributed by atoms with Gasteiger partial charge < -0.3 is 4.42 Å². The summed E-state index contributed by atoms with van der Waals surface area (Å²) in [5.74, 6) is 0. The van der Waals surface area contributed by atoms with Crippen molar-refractivity contribution in [3.63, 3.8) is 0 Å². The third-order valence-corrected chi connectivity index (χ3v) is 2.33. The fourth-order valence-electron chi connectivity index (χ4n) is 1.40. The van der Waals surface area contributed by atoms with Crippen molar-refractivity contribution in [3.05, 3.63) is 34.5 Å². The number of carbonyl (C=O) groups excluding carboxylic acids is 1. The fourth-order valence-corrected chi connectivity index (χ4v) is 1.60. The van der Waals surface area contributed by atoms with Crippen LogP contribution in [0.1, 0.15) is 15.9 Å². The SMILES string of the molecule is Cc1ccc(Cl)c2occ(C=O)c12. The second kappa shape index (κ2) is 2.89. The Labute approximate surface area is 80.1 Å². The zero-order valence-electron chi connectivity index (χ0n) is 7.00. The van der Waals surface area contributed by atoms with Gasteiger partial charge in [0.15, 0.2) is 11.9 Å². The highest BCUT2D eigenvalue weighted by atomic mass is 35.5. The van der Waals surface area contributed by atoms with Crippen LogP contribution in [0, 0.1) is 6.92 Å². The van der Waals surface area contributed by atoms with Gasteiger partial charge >= 0.3 is 0 Å². The lowest BCUT2D eigenvalue weighted by Gasteiger charge is -1.96. The molecule has 0 N–H and O–H groups in total. The Balaban J connectivity index is 2.95. The molecule has 1 aromatic heterocycles. The van der Waals surface area contributed by atoms with E-state index < -0.39 is 0 Å². The number of hydrogen-bond donors (Lipinski definition) is 0. The molecule has 2 rings (SSSR count). The van der Waals surface area contributed by atoms with Crippen LogP contribution in [-0.2, 0) is 0 Å². The summed E-state index contributed by atoms with van der Waals surface area (Å²) >= 11 is 5.89. The average molecular weight is 195 g/mol. The third kappa shape index (κ3) is 1.14. The van der Waals surface area contributed by atoms with Gasteiger partial charge in [-0.15, -0.1) is 0 Å². The molecule has 0 unspecified atom stereocenters. The molecule has 0 fully saturated rings. The largest absolute Gasteiger partial charge is 0.462 e. The molecule has 66 valence electrons. The Bertz CT molecular complexity index is 471. The molecular weight excluding hydrogens is 188 g/mol. The van der Waals surface area contributed by atoms with Crippen LogP contribution in [-0.4, -0.2) is 6.29 Å². The molecular formula is C10H7ClO2. The molecule has 0 spiro atoms. The van der Waals surface area contributed by atoms with E-state index in [4.69, 9.17) is 16.0 Å². The Morgan fingerprint density at radius 2 is 2.23 bits per heavy atom. The van der Waals surface area contributed by atoms with Gasteiger partial charge in [0.1, 0.15) is 6.26 Å². The molecule has 13 heavy (non-hydrogen) atoms. The van der Waals surface area contributed by atoms with Crippen molar-refractivity contribution >= 4 is 28.9 Å². The first kappa shape index (κ1) is 8.32. The van der Waals surface area contributed by atoms with Crippen LogP contribution in [0.4, 0.5) is 0 Å². The highest BCUT2D eigenvalue weighted by Gasteiger charge is 2.10. The standard InChI is InChI=1S/C10H7ClO2/c1-6-2-3-8(11)10-9(6)7(4-12)5-13-10/h2-5H,1H3. The molecule has 0 aliphatic rings. The number of aldehydes is 1. The van der Waals surface area contributed by atoms with Crippen molar-refractivity contribution < 1.29 is 9.21 Å². The number of halogens is 1. The molecule has 0 saturated carbocycles. The second-order valence-electron chi connectivity index (χ2n) is 2.88. The van der Waals surface area contributed by atoms with Crippen LogP contribution in [0.25, 0.3) is 11.0 Å². The topological polar surface area (TPSA) is 30.2 Å². The monoisotopic (exact) mass is 194 g/mol. The van der Waals surface area contributed by atoms with Crippen LogP contribution in [0.15, 0.2) is 22.8 Å². The highest BCUT2D eigenvalue weighted by Crippen LogP contribution is 2.29. The molecule has 0 atom stereocenters. The van der Waals surface area contributed by atoms with E-state index >= 15 is 0 Å². The van der Waals surface area contributed by atoms with E-state index in [2.05, 4.69) is 0 Å². The molecule has 1 aromatic carbocycles. The molecule has 0 amide bonds. The molecule has 0 radical (unpaired) electrons. The number of rotatable bonds is 1. The number of fused-ring (bicyclic) bond motifs is 1. The lowest BCUT2D eigenvalue weighted by atomic mass is 10.1. The summed E-state index contributed by atoms with van der Waals surface area (Å²) in [4.78, 5) is 10.6. The summed E-state index contributed by atoms with van der Waals surface area (Å²) in [5, 5.41) is 1.34. The van der Waals surface area contributed by atoms with E-state index in [0.29, 0.717) is 16.2 Å². The van der Waals surface area contributed by atoms with E-state index in [0.717, 1.165) is 17.2 Å². The highest BCUT2D eigenvalue weighted by molar-refractivity contribution is 6.35. The predicted molar refractivity (Wildman–Crippen MR) is 51.3 cm³/mol. The first-order chi connectivity index (χ1) is 6.24. The number of hydrogen-bond acceptors (Lipinski definition) is 2. The summed E-state index contributed by atoms with van der Waals surface area (Å²) in [5.41, 5.74) is 2.13. The Morgan fingerprint density at radius 1 is 1.46 bits per heavy atom. The minimum atomic E-state index is 0.536. The van der Waals surface area contributed by atoms with Crippen LogP contribution in [0.5, 0.6) is 0 Å². The summed E-state index contributed by atoms with van der Waals surface area (Å²) in [6.07, 6.45) is 2.20. The van der Waals surface area contributed by atoms with Gasteiger partial charge in [-0.3, -0.25) is 4.79 Å². The zero-order valence-corrected chi connectivity index (χ0v) is 7.76. The summed E-state index contributed by atoms with van der Waals surface area (Å²) in [6, 6.07) is 3.63. The minimum absolute atomic E-state index is 0.536. The number of benzene rings is 1. The van der Waals surface area contributed by atoms with Crippen molar-refractivity contribution in [2.75, 3.05) is 0 Å². The maximum atomic E-state index is 10.6. The smallest absolute Gasteiger partial charge is 0.153 e. The lowest BCUT2D eigenvalue weighted by molar-refractivity contribution is 0.112. The van der Waals surface area contributed by atoms with Gasteiger partial charge in [-0.1, -0.05) is 17.7 Å². The first-order valence-electron chi connectivity index (χ1n) is 3.85. The first-order valence-corrected chi connectivity index (χ1v) is 4.23. The maximum absolute atomic E-state index is 10.6. The van der Waals surface area contributed by atoms with Gasteiger partial charge in [-0.05, 0) is 18.6 Å². The Morgan fingerprint density at radius 3 is 2.92 bits per heavy atom. The van der Waals surface area contributed by atoms with Crippen molar-refractivity contribution in [1.82, 2.24) is 0 Å². The Hall–Kier alpha value is -1.28. The van der Waals surface area contributed by atoms with E-state index in [1.54, 1.807) is 6.07 Å². The normalized spacial score (nSPS) is 10.6. The molecule has 2 nitrogen and oxygen atoms in total. The molecule has 0 aliphatic heterocycles. The predicted octanol–water partition coefficient (Wildman–Crippen LogP) is 3.21. The van der Waals surface area contributed by atoms with E-state index in [9.17, 15) is 4.79 Å². The third-order valence-electron chi connectivity index (χ3n) is 2.04. The van der Waals surface area contributed by atoms with Crippen molar-refractivity contribution in [2.24, 2.45) is 0 Å². The van der Waals surface area contributed by atoms with Crippen LogP contribution < -0.4 is 0 Å². The maximum Gasteiger partial charge on any atom is 0.153 e. The number of aryl methyl sites for hydroxylation is 1. The minimum Gasteiger partial charge on any atom is -0.462 e. The molecule has 0 bridgehead atoms. The summed E-state index contributed by atoms with van der Waals surface area (Å²) in [7, 11) is 0. The second-order valence-corrected chi connectivity index (χ2v) is 3.28. The van der Waals surface area contributed by atoms with Crippen LogP contribution in [0.2, 0.25) is 5.02 Å². The summed E-state index contributed by atoms with van der Waals surface area (Å²) in [6.45, 7) is 1.92. The van der Waals surface area contributed by atoms with Gasteiger partial charge in [0.05, 0.1) is 10.6 Å². The zero-order chi connectivity index (χ0) is 9.42. The van der Waals surface area contributed by atoms with E-state index in [1.807, 2.05) is 13.0 Å². The number of furan rings is 1. The summed E-state index contributed by atoms with van der Waals surface area (Å²) < 4.78 is 5.19. The average Bonchev–Trinajstić information content (AvgIpc) is 2.56. The Kier molecular flexibility index (Phi) is 1.85. The quantitative estimate of drug-likeness (QED) is 0.653. The van der Waals surface area contributed by atoms with Gasteiger partial charge in [0.2, 0.25) is 0 Å². The van der Waals surface area contributed by atoms with Crippen molar-refractivity contribution in [1.29, 1.82) is 0 Å². The van der Waals surface area contributed by atoms with E-state index in [-0.39, 0.29) is 0 Å². The van der Waals surface area contributed by atoms with Crippen molar-refractivity contribution in [2.45, 2.75) is 6.92 Å². The molecule has 1 heterocycles.